The summed E-state index contributed by atoms with van der Waals surface area (Å²) in [5.74, 6) is 0.0350. The molecule has 0 saturated carbocycles. The van der Waals surface area contributed by atoms with E-state index in [4.69, 9.17) is 4.74 Å². The van der Waals surface area contributed by atoms with Crippen LogP contribution in [-0.2, 0) is 9.53 Å². The average Bonchev–Trinajstić information content (AvgIpc) is 2.37. The molecule has 1 aromatic rings. The summed E-state index contributed by atoms with van der Waals surface area (Å²) in [6.07, 6.45) is 2.38. The predicted molar refractivity (Wildman–Crippen MR) is 83.3 cm³/mol. The first kappa shape index (κ1) is 15.4. The van der Waals surface area contributed by atoms with Crippen molar-refractivity contribution < 1.29 is 9.53 Å². The van der Waals surface area contributed by atoms with Crippen LogP contribution in [0.15, 0.2) is 29.2 Å². The lowest BCUT2D eigenvalue weighted by Gasteiger charge is -2.34. The minimum absolute atomic E-state index is 0.0350. The number of carbonyl (C=O) groups excluding carboxylic acids is 1. The van der Waals surface area contributed by atoms with E-state index >= 15 is 0 Å². The van der Waals surface area contributed by atoms with Gasteiger partial charge in [0.15, 0.2) is 0 Å². The molecular weight excluding hydrogens is 272 g/mol. The molecule has 1 amide bonds. The second-order valence-corrected chi connectivity index (χ2v) is 6.05. The first-order chi connectivity index (χ1) is 9.58. The van der Waals surface area contributed by atoms with Crippen LogP contribution >= 0.6 is 11.8 Å². The van der Waals surface area contributed by atoms with Crippen LogP contribution in [0.1, 0.15) is 13.8 Å². The number of nitrogens with one attached hydrogen (secondary N) is 1. The molecule has 0 bridgehead atoms. The molecule has 1 heterocycles. The van der Waals surface area contributed by atoms with Crippen molar-refractivity contribution in [2.45, 2.75) is 31.0 Å². The number of ether oxygens (including phenoxy) is 1. The third-order valence-electron chi connectivity index (χ3n) is 3.24. The van der Waals surface area contributed by atoms with E-state index in [1.165, 1.54) is 0 Å². The summed E-state index contributed by atoms with van der Waals surface area (Å²) >= 11 is 1.64. The summed E-state index contributed by atoms with van der Waals surface area (Å²) in [7, 11) is 0. The van der Waals surface area contributed by atoms with Gasteiger partial charge in [0.1, 0.15) is 0 Å². The molecule has 0 aromatic heterocycles. The summed E-state index contributed by atoms with van der Waals surface area (Å²) in [6, 6.07) is 7.87. The van der Waals surface area contributed by atoms with E-state index in [1.54, 1.807) is 11.8 Å². The number of nitrogens with zero attached hydrogens (tertiary/aromatic N) is 1. The van der Waals surface area contributed by atoms with Gasteiger partial charge < -0.3 is 10.1 Å². The maximum Gasteiger partial charge on any atom is 0.238 e. The molecule has 0 spiro atoms. The molecule has 2 atom stereocenters. The molecule has 2 rings (SSSR count). The molecular formula is C15H22N2O2S. The normalized spacial score (nSPS) is 23.6. The van der Waals surface area contributed by atoms with Gasteiger partial charge in [-0.3, -0.25) is 9.69 Å². The number of rotatable bonds is 4. The van der Waals surface area contributed by atoms with Gasteiger partial charge >= 0.3 is 0 Å². The van der Waals surface area contributed by atoms with Crippen LogP contribution in [0.3, 0.4) is 0 Å². The molecule has 0 unspecified atom stereocenters. The number of hydrogen-bond acceptors (Lipinski definition) is 4. The van der Waals surface area contributed by atoms with E-state index in [0.29, 0.717) is 6.54 Å². The van der Waals surface area contributed by atoms with E-state index in [9.17, 15) is 4.79 Å². The Morgan fingerprint density at radius 1 is 1.35 bits per heavy atom. The van der Waals surface area contributed by atoms with Crippen LogP contribution in [0.4, 0.5) is 5.69 Å². The minimum atomic E-state index is 0.0350. The fourth-order valence-electron chi connectivity index (χ4n) is 2.55. The van der Waals surface area contributed by atoms with Gasteiger partial charge in [0, 0.05) is 18.0 Å². The first-order valence-corrected chi connectivity index (χ1v) is 8.11. The van der Waals surface area contributed by atoms with Crippen LogP contribution in [0.25, 0.3) is 0 Å². The molecule has 0 radical (unpaired) electrons. The highest BCUT2D eigenvalue weighted by molar-refractivity contribution is 7.98. The number of benzene rings is 1. The Hall–Kier alpha value is -1.04. The van der Waals surface area contributed by atoms with Crippen LogP contribution in [-0.4, -0.2) is 48.9 Å². The topological polar surface area (TPSA) is 41.6 Å². The van der Waals surface area contributed by atoms with Gasteiger partial charge in [-0.2, -0.15) is 0 Å². The Kier molecular flexibility index (Phi) is 5.46. The van der Waals surface area contributed by atoms with Crippen molar-refractivity contribution in [3.8, 4) is 0 Å². The molecule has 20 heavy (non-hydrogen) atoms. The van der Waals surface area contributed by atoms with Crippen molar-refractivity contribution in [2.24, 2.45) is 0 Å². The maximum absolute atomic E-state index is 12.2. The maximum atomic E-state index is 12.2. The fourth-order valence-corrected chi connectivity index (χ4v) is 3.11. The summed E-state index contributed by atoms with van der Waals surface area (Å²) in [5, 5.41) is 3.00. The highest BCUT2D eigenvalue weighted by Crippen LogP contribution is 2.24. The number of thioether (sulfide) groups is 1. The minimum Gasteiger partial charge on any atom is -0.373 e. The van der Waals surface area contributed by atoms with Gasteiger partial charge in [-0.25, -0.2) is 0 Å². The number of hydrogen-bond donors (Lipinski definition) is 1. The Morgan fingerprint density at radius 2 is 2.00 bits per heavy atom. The van der Waals surface area contributed by atoms with Crippen LogP contribution in [0, 0.1) is 0 Å². The van der Waals surface area contributed by atoms with Crippen molar-refractivity contribution in [1.82, 2.24) is 4.90 Å². The monoisotopic (exact) mass is 294 g/mol. The molecule has 5 heteroatoms. The number of amides is 1. The zero-order valence-electron chi connectivity index (χ0n) is 12.3. The summed E-state index contributed by atoms with van der Waals surface area (Å²) in [5.41, 5.74) is 0.888. The second-order valence-electron chi connectivity index (χ2n) is 5.20. The van der Waals surface area contributed by atoms with Gasteiger partial charge in [-0.15, -0.1) is 11.8 Å². The number of para-hydroxylation sites is 1. The SMILES string of the molecule is CSc1ccccc1NC(=O)CN1C[C@@H](C)O[C@H](C)C1. The first-order valence-electron chi connectivity index (χ1n) is 6.89. The van der Waals surface area contributed by atoms with Crippen molar-refractivity contribution in [1.29, 1.82) is 0 Å². The molecule has 1 saturated heterocycles. The van der Waals surface area contributed by atoms with Crippen molar-refractivity contribution in [3.05, 3.63) is 24.3 Å². The fraction of sp³-hybridized carbons (Fsp3) is 0.533. The average molecular weight is 294 g/mol. The molecule has 1 N–H and O–H groups in total. The molecule has 1 fully saturated rings. The highest BCUT2D eigenvalue weighted by Gasteiger charge is 2.23. The van der Waals surface area contributed by atoms with Crippen LogP contribution in [0.2, 0.25) is 0 Å². The number of carbonyl (C=O) groups is 1. The Balaban J connectivity index is 1.92. The van der Waals surface area contributed by atoms with Gasteiger partial charge in [-0.1, -0.05) is 12.1 Å². The molecule has 1 aliphatic heterocycles. The van der Waals surface area contributed by atoms with Crippen LogP contribution < -0.4 is 5.32 Å². The quantitative estimate of drug-likeness (QED) is 0.866. The number of morpholine rings is 1. The lowest BCUT2D eigenvalue weighted by molar-refractivity contribution is -0.121. The van der Waals surface area contributed by atoms with Gasteiger partial charge in [0.25, 0.3) is 0 Å². The van der Waals surface area contributed by atoms with E-state index in [2.05, 4.69) is 10.2 Å². The van der Waals surface area contributed by atoms with Gasteiger partial charge in [0.2, 0.25) is 5.91 Å². The third kappa shape index (κ3) is 4.23. The summed E-state index contributed by atoms with van der Waals surface area (Å²) < 4.78 is 5.68. The zero-order chi connectivity index (χ0) is 14.5. The van der Waals surface area contributed by atoms with Crippen molar-refractivity contribution >= 4 is 23.4 Å². The molecule has 1 aliphatic rings. The molecule has 4 nitrogen and oxygen atoms in total. The molecule has 1 aromatic carbocycles. The lowest BCUT2D eigenvalue weighted by Crippen LogP contribution is -2.48. The Morgan fingerprint density at radius 3 is 2.65 bits per heavy atom. The summed E-state index contributed by atoms with van der Waals surface area (Å²) in [6.45, 7) is 6.12. The molecule has 110 valence electrons. The van der Waals surface area contributed by atoms with E-state index in [0.717, 1.165) is 23.7 Å². The largest absolute Gasteiger partial charge is 0.373 e. The smallest absolute Gasteiger partial charge is 0.238 e. The van der Waals surface area contributed by atoms with Crippen molar-refractivity contribution in [3.63, 3.8) is 0 Å². The van der Waals surface area contributed by atoms with Gasteiger partial charge in [-0.05, 0) is 32.2 Å². The summed E-state index contributed by atoms with van der Waals surface area (Å²) in [4.78, 5) is 15.4. The standard InChI is InChI=1S/C15H22N2O2S/c1-11-8-17(9-12(2)19-11)10-15(18)16-13-6-4-5-7-14(13)20-3/h4-7,11-12H,8-10H2,1-3H3,(H,16,18)/t11-,12-/m1/s1. The van der Waals surface area contributed by atoms with Crippen LogP contribution in [0.5, 0.6) is 0 Å². The Bertz CT molecular complexity index is 457. The van der Waals surface area contributed by atoms with Crippen molar-refractivity contribution in [2.75, 3.05) is 31.2 Å². The van der Waals surface area contributed by atoms with E-state index in [1.807, 2.05) is 44.4 Å². The Labute approximate surface area is 124 Å². The lowest BCUT2D eigenvalue weighted by atomic mass is 10.2. The van der Waals surface area contributed by atoms with E-state index < -0.39 is 0 Å². The number of anilines is 1. The second kappa shape index (κ2) is 7.11. The highest BCUT2D eigenvalue weighted by atomic mass is 32.2. The zero-order valence-corrected chi connectivity index (χ0v) is 13.1. The van der Waals surface area contributed by atoms with Gasteiger partial charge in [0.05, 0.1) is 24.4 Å². The van der Waals surface area contributed by atoms with E-state index in [-0.39, 0.29) is 18.1 Å². The predicted octanol–water partition coefficient (Wildman–Crippen LogP) is 2.46. The third-order valence-corrected chi connectivity index (χ3v) is 4.04. The molecule has 0 aliphatic carbocycles.